The fourth-order valence-corrected chi connectivity index (χ4v) is 3.42. The summed E-state index contributed by atoms with van der Waals surface area (Å²) >= 11 is 6.47. The van der Waals surface area contributed by atoms with Crippen molar-refractivity contribution in [2.45, 2.75) is 32.7 Å². The number of piperidine rings is 1. The SMILES string of the molecule is CCCOc1c(Cl)cc(C2NN=C3CCNCC32)cc1OCC. The second kappa shape index (κ2) is 7.41. The number of ether oxygens (including phenoxy) is 2. The van der Waals surface area contributed by atoms with Crippen molar-refractivity contribution < 1.29 is 9.47 Å². The van der Waals surface area contributed by atoms with Gasteiger partial charge in [0.2, 0.25) is 0 Å². The van der Waals surface area contributed by atoms with Crippen molar-refractivity contribution in [2.75, 3.05) is 26.3 Å². The van der Waals surface area contributed by atoms with E-state index in [1.807, 2.05) is 19.1 Å². The summed E-state index contributed by atoms with van der Waals surface area (Å²) in [4.78, 5) is 0. The molecule has 1 aromatic rings. The van der Waals surface area contributed by atoms with Crippen molar-refractivity contribution in [3.63, 3.8) is 0 Å². The standard InChI is InChI=1S/C17H24ClN3O2/c1-3-7-23-17-13(18)8-11(9-15(17)22-4-2)16-12-10-19-6-5-14(12)20-21-16/h8-9,12,16,19,21H,3-7,10H2,1-2H3. The molecule has 3 rings (SSSR count). The van der Waals surface area contributed by atoms with Crippen LogP contribution in [0.2, 0.25) is 5.02 Å². The zero-order chi connectivity index (χ0) is 16.2. The lowest BCUT2D eigenvalue weighted by atomic mass is 9.87. The zero-order valence-electron chi connectivity index (χ0n) is 13.7. The van der Waals surface area contributed by atoms with Crippen LogP contribution in [-0.4, -0.2) is 32.0 Å². The molecule has 0 aromatic heterocycles. The minimum atomic E-state index is 0.134. The molecule has 0 bridgehead atoms. The van der Waals surface area contributed by atoms with Crippen LogP contribution in [0.4, 0.5) is 0 Å². The molecule has 2 aliphatic heterocycles. The minimum absolute atomic E-state index is 0.134. The smallest absolute Gasteiger partial charge is 0.179 e. The maximum atomic E-state index is 6.47. The molecule has 0 aliphatic carbocycles. The minimum Gasteiger partial charge on any atom is -0.490 e. The Labute approximate surface area is 142 Å². The highest BCUT2D eigenvalue weighted by molar-refractivity contribution is 6.32. The van der Waals surface area contributed by atoms with Gasteiger partial charge in [0, 0.05) is 31.1 Å². The lowest BCUT2D eigenvalue weighted by molar-refractivity contribution is 0.276. The van der Waals surface area contributed by atoms with Crippen LogP contribution in [-0.2, 0) is 0 Å². The highest BCUT2D eigenvalue weighted by Crippen LogP contribution is 2.41. The first-order valence-electron chi connectivity index (χ1n) is 8.36. The summed E-state index contributed by atoms with van der Waals surface area (Å²) in [5.41, 5.74) is 5.60. The largest absolute Gasteiger partial charge is 0.490 e. The van der Waals surface area contributed by atoms with Crippen molar-refractivity contribution >= 4 is 17.3 Å². The van der Waals surface area contributed by atoms with Gasteiger partial charge in [0.05, 0.1) is 24.3 Å². The summed E-state index contributed by atoms with van der Waals surface area (Å²) < 4.78 is 11.5. The first-order chi connectivity index (χ1) is 11.2. The van der Waals surface area contributed by atoms with Gasteiger partial charge in [-0.1, -0.05) is 18.5 Å². The molecule has 1 fully saturated rings. The molecular weight excluding hydrogens is 314 g/mol. The van der Waals surface area contributed by atoms with Crippen LogP contribution in [0.25, 0.3) is 0 Å². The number of benzene rings is 1. The van der Waals surface area contributed by atoms with Gasteiger partial charge < -0.3 is 20.2 Å². The molecule has 23 heavy (non-hydrogen) atoms. The van der Waals surface area contributed by atoms with Gasteiger partial charge in [-0.15, -0.1) is 0 Å². The fraction of sp³-hybridized carbons (Fsp3) is 0.588. The third-order valence-electron chi connectivity index (χ3n) is 4.24. The van der Waals surface area contributed by atoms with E-state index in [0.717, 1.165) is 31.5 Å². The molecule has 2 heterocycles. The van der Waals surface area contributed by atoms with Crippen LogP contribution in [0.5, 0.6) is 11.5 Å². The number of hydrazone groups is 1. The van der Waals surface area contributed by atoms with Gasteiger partial charge in [-0.3, -0.25) is 0 Å². The summed E-state index contributed by atoms with van der Waals surface area (Å²) in [6.45, 7) is 7.17. The molecular formula is C17H24ClN3O2. The van der Waals surface area contributed by atoms with Gasteiger partial charge in [0.1, 0.15) is 0 Å². The Hall–Kier alpha value is -1.46. The Bertz CT molecular complexity index is 591. The molecule has 126 valence electrons. The van der Waals surface area contributed by atoms with E-state index in [-0.39, 0.29) is 6.04 Å². The Morgan fingerprint density at radius 3 is 2.96 bits per heavy atom. The predicted octanol–water partition coefficient (Wildman–Crippen LogP) is 3.14. The van der Waals surface area contributed by atoms with E-state index in [0.29, 0.717) is 35.7 Å². The lowest BCUT2D eigenvalue weighted by Crippen LogP contribution is -2.38. The van der Waals surface area contributed by atoms with E-state index >= 15 is 0 Å². The van der Waals surface area contributed by atoms with Crippen LogP contribution >= 0.6 is 11.6 Å². The van der Waals surface area contributed by atoms with E-state index in [4.69, 9.17) is 21.1 Å². The molecule has 2 N–H and O–H groups in total. The number of nitrogens with one attached hydrogen (secondary N) is 2. The number of hydrogen-bond donors (Lipinski definition) is 2. The topological polar surface area (TPSA) is 54.9 Å². The number of rotatable bonds is 6. The Morgan fingerprint density at radius 2 is 2.17 bits per heavy atom. The molecule has 5 nitrogen and oxygen atoms in total. The molecule has 6 heteroatoms. The molecule has 2 aliphatic rings. The Morgan fingerprint density at radius 1 is 1.30 bits per heavy atom. The van der Waals surface area contributed by atoms with Crippen LogP contribution in [0.3, 0.4) is 0 Å². The van der Waals surface area contributed by atoms with Gasteiger partial charge in [-0.25, -0.2) is 0 Å². The van der Waals surface area contributed by atoms with Crippen molar-refractivity contribution in [1.29, 1.82) is 0 Å². The van der Waals surface area contributed by atoms with E-state index < -0.39 is 0 Å². The average Bonchev–Trinajstić information content (AvgIpc) is 2.98. The van der Waals surface area contributed by atoms with Crippen LogP contribution in [0.1, 0.15) is 38.3 Å². The van der Waals surface area contributed by atoms with E-state index in [1.165, 1.54) is 5.71 Å². The van der Waals surface area contributed by atoms with Crippen molar-refractivity contribution in [1.82, 2.24) is 10.7 Å². The summed E-state index contributed by atoms with van der Waals surface area (Å²) in [5, 5.41) is 8.54. The normalized spacial score (nSPS) is 23.0. The summed E-state index contributed by atoms with van der Waals surface area (Å²) in [6.07, 6.45) is 1.93. The van der Waals surface area contributed by atoms with Crippen LogP contribution in [0.15, 0.2) is 17.2 Å². The average molecular weight is 338 g/mol. The van der Waals surface area contributed by atoms with E-state index in [1.54, 1.807) is 0 Å². The molecule has 0 spiro atoms. The summed E-state index contributed by atoms with van der Waals surface area (Å²) in [5.74, 6) is 1.72. The number of hydrogen-bond acceptors (Lipinski definition) is 5. The quantitative estimate of drug-likeness (QED) is 0.837. The number of nitrogens with zero attached hydrogens (tertiary/aromatic N) is 1. The highest BCUT2D eigenvalue weighted by Gasteiger charge is 2.35. The molecule has 0 amide bonds. The maximum Gasteiger partial charge on any atom is 0.179 e. The monoisotopic (exact) mass is 337 g/mol. The van der Waals surface area contributed by atoms with Gasteiger partial charge in [-0.2, -0.15) is 5.10 Å². The van der Waals surface area contributed by atoms with Crippen molar-refractivity contribution in [2.24, 2.45) is 11.0 Å². The first-order valence-corrected chi connectivity index (χ1v) is 8.74. The van der Waals surface area contributed by atoms with E-state index in [9.17, 15) is 0 Å². The van der Waals surface area contributed by atoms with Gasteiger partial charge >= 0.3 is 0 Å². The van der Waals surface area contributed by atoms with Gasteiger partial charge in [-0.05, 0) is 31.0 Å². The first kappa shape index (κ1) is 16.4. The second-order valence-electron chi connectivity index (χ2n) is 5.88. The second-order valence-corrected chi connectivity index (χ2v) is 6.29. The Kier molecular flexibility index (Phi) is 5.28. The molecule has 1 aromatic carbocycles. The Balaban J connectivity index is 1.88. The third kappa shape index (κ3) is 3.40. The lowest BCUT2D eigenvalue weighted by Gasteiger charge is -2.26. The predicted molar refractivity (Wildman–Crippen MR) is 92.7 cm³/mol. The third-order valence-corrected chi connectivity index (χ3v) is 4.52. The van der Waals surface area contributed by atoms with E-state index in [2.05, 4.69) is 22.8 Å². The molecule has 0 radical (unpaired) electrons. The molecule has 2 atom stereocenters. The summed E-state index contributed by atoms with van der Waals surface area (Å²) in [6, 6.07) is 4.14. The fourth-order valence-electron chi connectivity index (χ4n) is 3.15. The highest BCUT2D eigenvalue weighted by atomic mass is 35.5. The zero-order valence-corrected chi connectivity index (χ0v) is 14.4. The molecule has 2 unspecified atom stereocenters. The number of halogens is 1. The number of fused-ring (bicyclic) bond motifs is 1. The van der Waals surface area contributed by atoms with Gasteiger partial charge in [0.15, 0.2) is 11.5 Å². The molecule has 0 saturated carbocycles. The van der Waals surface area contributed by atoms with Crippen molar-refractivity contribution in [3.8, 4) is 11.5 Å². The van der Waals surface area contributed by atoms with Crippen LogP contribution < -0.4 is 20.2 Å². The van der Waals surface area contributed by atoms with Gasteiger partial charge in [0.25, 0.3) is 0 Å². The molecule has 1 saturated heterocycles. The van der Waals surface area contributed by atoms with Crippen molar-refractivity contribution in [3.05, 3.63) is 22.7 Å². The maximum absolute atomic E-state index is 6.47. The summed E-state index contributed by atoms with van der Waals surface area (Å²) in [7, 11) is 0. The van der Waals surface area contributed by atoms with Crippen LogP contribution in [0, 0.1) is 5.92 Å².